The van der Waals surface area contributed by atoms with Gasteiger partial charge in [0.2, 0.25) is 0 Å². The first-order valence-corrected chi connectivity index (χ1v) is 4.27. The first-order valence-electron chi connectivity index (χ1n) is 3.22. The molecule has 0 aromatic rings. The van der Waals surface area contributed by atoms with Crippen molar-refractivity contribution in [3.8, 4) is 0 Å². The first kappa shape index (κ1) is 8.35. The second-order valence-electron chi connectivity index (χ2n) is 2.25. The summed E-state index contributed by atoms with van der Waals surface area (Å²) < 4.78 is 0. The van der Waals surface area contributed by atoms with Gasteiger partial charge in [-0.15, -0.1) is 0 Å². The van der Waals surface area contributed by atoms with Crippen molar-refractivity contribution in [1.29, 1.82) is 0 Å². The molecule has 49 valence electrons. The summed E-state index contributed by atoms with van der Waals surface area (Å²) in [7, 11) is 0. The van der Waals surface area contributed by atoms with Crippen LogP contribution in [0.4, 0.5) is 0 Å². The molecule has 0 saturated heterocycles. The second kappa shape index (κ2) is 5.49. The topological polar surface area (TPSA) is 0 Å². The van der Waals surface area contributed by atoms with Gasteiger partial charge in [0.25, 0.3) is 0 Å². The third kappa shape index (κ3) is 6.35. The van der Waals surface area contributed by atoms with Gasteiger partial charge < -0.3 is 0 Å². The lowest BCUT2D eigenvalue weighted by atomic mass is 10.3. The molecule has 8 heavy (non-hydrogen) atoms. The summed E-state index contributed by atoms with van der Waals surface area (Å²) in [6, 6.07) is 0. The van der Waals surface area contributed by atoms with Gasteiger partial charge in [0.15, 0.2) is 0 Å². The zero-order valence-electron chi connectivity index (χ0n) is 5.98. The molecule has 0 nitrogen and oxygen atoms in total. The lowest BCUT2D eigenvalue weighted by molar-refractivity contribution is 0.811. The normalized spacial score (nSPS) is 10.5. The van der Waals surface area contributed by atoms with Crippen LogP contribution in [-0.4, -0.2) is 5.75 Å². The molecule has 0 unspecified atom stereocenters. The number of thioether (sulfide) groups is 1. The third-order valence-electron chi connectivity index (χ3n) is 0.690. The Morgan fingerprint density at radius 2 is 2.12 bits per heavy atom. The molecule has 0 aliphatic carbocycles. The predicted octanol–water partition coefficient (Wildman–Crippen LogP) is 2.95. The van der Waals surface area contributed by atoms with Gasteiger partial charge in [-0.05, 0) is 18.1 Å². The van der Waals surface area contributed by atoms with Gasteiger partial charge in [-0.1, -0.05) is 20.8 Å². The minimum atomic E-state index is 0.742. The van der Waals surface area contributed by atoms with E-state index in [0.717, 1.165) is 5.92 Å². The minimum Gasteiger partial charge on any atom is -0.157 e. The number of rotatable bonds is 4. The van der Waals surface area contributed by atoms with Crippen LogP contribution < -0.4 is 0 Å². The standard InChI is InChI=1S/C7H15S/c1-4-5-8-6-7(2)3/h6-7H,4-5H2,1-3H3. The number of hydrogen-bond donors (Lipinski definition) is 0. The molecule has 0 amide bonds. The molecule has 0 aromatic heterocycles. The van der Waals surface area contributed by atoms with Crippen molar-refractivity contribution in [1.82, 2.24) is 0 Å². The van der Waals surface area contributed by atoms with E-state index in [2.05, 4.69) is 26.5 Å². The SMILES string of the molecule is CCCS[CH]C(C)C. The molecular formula is C7H15S. The highest BCUT2D eigenvalue weighted by Crippen LogP contribution is 2.13. The van der Waals surface area contributed by atoms with Crippen molar-refractivity contribution in [2.24, 2.45) is 5.92 Å². The molecule has 0 N–H and O–H groups in total. The summed E-state index contributed by atoms with van der Waals surface area (Å²) in [4.78, 5) is 0. The fourth-order valence-electron chi connectivity index (χ4n) is 0.378. The lowest BCUT2D eigenvalue weighted by Crippen LogP contribution is -1.83. The zero-order valence-corrected chi connectivity index (χ0v) is 6.79. The molecule has 0 saturated carbocycles. The summed E-state index contributed by atoms with van der Waals surface area (Å²) in [5.74, 6) is 4.31. The van der Waals surface area contributed by atoms with E-state index in [0.29, 0.717) is 0 Å². The molecular weight excluding hydrogens is 116 g/mol. The Kier molecular flexibility index (Phi) is 5.73. The average molecular weight is 131 g/mol. The maximum absolute atomic E-state index is 2.30. The maximum atomic E-state index is 2.30. The number of hydrogen-bond acceptors (Lipinski definition) is 1. The summed E-state index contributed by atoms with van der Waals surface area (Å²) in [6.07, 6.45) is 1.29. The Morgan fingerprint density at radius 3 is 2.50 bits per heavy atom. The van der Waals surface area contributed by atoms with Crippen LogP contribution >= 0.6 is 11.8 Å². The van der Waals surface area contributed by atoms with E-state index in [1.807, 2.05) is 11.8 Å². The van der Waals surface area contributed by atoms with Crippen LogP contribution in [0.5, 0.6) is 0 Å². The van der Waals surface area contributed by atoms with E-state index < -0.39 is 0 Å². The van der Waals surface area contributed by atoms with E-state index >= 15 is 0 Å². The molecule has 1 heteroatoms. The van der Waals surface area contributed by atoms with Gasteiger partial charge in [0.1, 0.15) is 0 Å². The van der Waals surface area contributed by atoms with E-state index in [4.69, 9.17) is 0 Å². The maximum Gasteiger partial charge on any atom is 0.0191 e. The van der Waals surface area contributed by atoms with Gasteiger partial charge in [-0.25, -0.2) is 0 Å². The van der Waals surface area contributed by atoms with Crippen molar-refractivity contribution in [3.63, 3.8) is 0 Å². The largest absolute Gasteiger partial charge is 0.157 e. The highest BCUT2D eigenvalue weighted by atomic mass is 32.2. The van der Waals surface area contributed by atoms with Gasteiger partial charge in [-0.2, -0.15) is 11.8 Å². The average Bonchev–Trinajstić information content (AvgIpc) is 1.66. The van der Waals surface area contributed by atoms with E-state index in [1.165, 1.54) is 12.2 Å². The Hall–Kier alpha value is 0.350. The fourth-order valence-corrected chi connectivity index (χ4v) is 1.14. The van der Waals surface area contributed by atoms with Gasteiger partial charge in [-0.3, -0.25) is 0 Å². The van der Waals surface area contributed by atoms with Crippen LogP contribution in [0.25, 0.3) is 0 Å². The van der Waals surface area contributed by atoms with Crippen LogP contribution in [-0.2, 0) is 0 Å². The molecule has 0 bridgehead atoms. The van der Waals surface area contributed by atoms with E-state index in [-0.39, 0.29) is 0 Å². The van der Waals surface area contributed by atoms with Crippen molar-refractivity contribution >= 4 is 11.8 Å². The molecule has 0 atom stereocenters. The highest BCUT2D eigenvalue weighted by molar-refractivity contribution is 8.01. The molecule has 0 aliphatic heterocycles. The molecule has 0 heterocycles. The summed E-state index contributed by atoms with van der Waals surface area (Å²) in [6.45, 7) is 6.63. The van der Waals surface area contributed by atoms with Crippen molar-refractivity contribution in [2.45, 2.75) is 27.2 Å². The van der Waals surface area contributed by atoms with Crippen LogP contribution in [0.2, 0.25) is 0 Å². The van der Waals surface area contributed by atoms with E-state index in [1.54, 1.807) is 0 Å². The predicted molar refractivity (Wildman–Crippen MR) is 41.9 cm³/mol. The molecule has 0 aromatic carbocycles. The first-order chi connectivity index (χ1) is 3.77. The fraction of sp³-hybridized carbons (Fsp3) is 0.857. The molecule has 1 radical (unpaired) electrons. The van der Waals surface area contributed by atoms with Gasteiger partial charge in [0.05, 0.1) is 0 Å². The highest BCUT2D eigenvalue weighted by Gasteiger charge is 1.91. The molecule has 0 fully saturated rings. The van der Waals surface area contributed by atoms with Crippen LogP contribution in [0.1, 0.15) is 27.2 Å². The minimum absolute atomic E-state index is 0.742. The third-order valence-corrected chi connectivity index (χ3v) is 2.07. The van der Waals surface area contributed by atoms with E-state index in [9.17, 15) is 0 Å². The smallest absolute Gasteiger partial charge is 0.0191 e. The summed E-state index contributed by atoms with van der Waals surface area (Å²) in [5, 5.41) is 0. The lowest BCUT2D eigenvalue weighted by Gasteiger charge is -2.00. The molecule has 0 aliphatic rings. The van der Waals surface area contributed by atoms with Crippen molar-refractivity contribution in [2.75, 3.05) is 5.75 Å². The summed E-state index contributed by atoms with van der Waals surface area (Å²) in [5.41, 5.74) is 0. The Labute approximate surface area is 57.1 Å². The van der Waals surface area contributed by atoms with Gasteiger partial charge >= 0.3 is 0 Å². The van der Waals surface area contributed by atoms with Crippen LogP contribution in [0, 0.1) is 11.7 Å². The Morgan fingerprint density at radius 1 is 1.50 bits per heavy atom. The summed E-state index contributed by atoms with van der Waals surface area (Å²) >= 11 is 1.94. The van der Waals surface area contributed by atoms with Crippen LogP contribution in [0.3, 0.4) is 0 Å². The van der Waals surface area contributed by atoms with Crippen molar-refractivity contribution in [3.05, 3.63) is 5.75 Å². The monoisotopic (exact) mass is 131 g/mol. The van der Waals surface area contributed by atoms with Crippen LogP contribution in [0.15, 0.2) is 0 Å². The van der Waals surface area contributed by atoms with Gasteiger partial charge in [0, 0.05) is 5.75 Å². The zero-order chi connectivity index (χ0) is 6.41. The Balaban J connectivity index is 2.72. The molecule has 0 spiro atoms. The molecule has 0 rings (SSSR count). The Bertz CT molecular complexity index is 41.7. The second-order valence-corrected chi connectivity index (χ2v) is 3.26. The van der Waals surface area contributed by atoms with Crippen molar-refractivity contribution < 1.29 is 0 Å². The quantitative estimate of drug-likeness (QED) is 0.529.